The first-order valence-corrected chi connectivity index (χ1v) is 7.12. The molecule has 1 aliphatic rings. The topological polar surface area (TPSA) is 110 Å². The van der Waals surface area contributed by atoms with Gasteiger partial charge in [0.1, 0.15) is 0 Å². The highest BCUT2D eigenvalue weighted by atomic mass is 16.4. The van der Waals surface area contributed by atoms with Crippen LogP contribution >= 0.6 is 0 Å². The van der Waals surface area contributed by atoms with E-state index in [1.165, 1.54) is 6.42 Å². The number of nitrogens with zero attached hydrogens (tertiary/aromatic N) is 1. The van der Waals surface area contributed by atoms with E-state index < -0.39 is 12.1 Å². The minimum absolute atomic E-state index is 0.0291. The van der Waals surface area contributed by atoms with Gasteiger partial charge in [-0.25, -0.2) is 9.59 Å². The highest BCUT2D eigenvalue weighted by Gasteiger charge is 2.25. The first-order chi connectivity index (χ1) is 9.56. The molecule has 0 heterocycles. The number of aliphatic carboxylic acids is 1. The van der Waals surface area contributed by atoms with Crippen LogP contribution in [0.1, 0.15) is 38.5 Å². The number of aliphatic hydroxyl groups is 2. The standard InChI is InChI=1S/C13H24N2O5/c16-9-8-15(10-4-2-1-3-5-10)13(20)14-7-6-11(17)12(18)19/h10-11,16-17H,1-9H2,(H,14,20)(H,18,19). The van der Waals surface area contributed by atoms with Crippen LogP contribution in [-0.4, -0.2) is 64.1 Å². The van der Waals surface area contributed by atoms with E-state index in [9.17, 15) is 9.59 Å². The van der Waals surface area contributed by atoms with Gasteiger partial charge in [0.15, 0.2) is 6.10 Å². The van der Waals surface area contributed by atoms with Gasteiger partial charge in [-0.2, -0.15) is 0 Å². The van der Waals surface area contributed by atoms with Gasteiger partial charge in [-0.15, -0.1) is 0 Å². The Morgan fingerprint density at radius 3 is 2.45 bits per heavy atom. The molecule has 1 rings (SSSR count). The lowest BCUT2D eigenvalue weighted by molar-refractivity contribution is -0.146. The largest absolute Gasteiger partial charge is 0.479 e. The van der Waals surface area contributed by atoms with E-state index in [0.29, 0.717) is 0 Å². The Labute approximate surface area is 118 Å². The molecule has 7 nitrogen and oxygen atoms in total. The van der Waals surface area contributed by atoms with Crippen molar-refractivity contribution in [3.8, 4) is 0 Å². The van der Waals surface area contributed by atoms with Gasteiger partial charge in [0.2, 0.25) is 0 Å². The molecule has 0 saturated heterocycles. The monoisotopic (exact) mass is 288 g/mol. The Bertz CT molecular complexity index is 318. The van der Waals surface area contributed by atoms with Crippen LogP contribution < -0.4 is 5.32 Å². The molecular weight excluding hydrogens is 264 g/mol. The summed E-state index contributed by atoms with van der Waals surface area (Å²) in [7, 11) is 0. The Balaban J connectivity index is 2.41. The zero-order chi connectivity index (χ0) is 15.0. The molecule has 2 amide bonds. The summed E-state index contributed by atoms with van der Waals surface area (Å²) < 4.78 is 0. The molecule has 7 heteroatoms. The fourth-order valence-electron chi connectivity index (χ4n) is 2.49. The summed E-state index contributed by atoms with van der Waals surface area (Å²) in [4.78, 5) is 24.1. The van der Waals surface area contributed by atoms with E-state index in [1.807, 2.05) is 0 Å². The molecule has 1 aliphatic carbocycles. The maximum atomic E-state index is 12.1. The summed E-state index contributed by atoms with van der Waals surface area (Å²) in [6, 6.07) is -0.163. The molecule has 0 spiro atoms. The van der Waals surface area contributed by atoms with Crippen LogP contribution in [0.5, 0.6) is 0 Å². The molecule has 0 radical (unpaired) electrons. The van der Waals surface area contributed by atoms with Gasteiger partial charge in [0.05, 0.1) is 6.61 Å². The van der Waals surface area contributed by atoms with Crippen LogP contribution in [0.15, 0.2) is 0 Å². The van der Waals surface area contributed by atoms with Crippen LogP contribution in [0.3, 0.4) is 0 Å². The summed E-state index contributed by atoms with van der Waals surface area (Å²) in [5.74, 6) is -1.29. The molecular formula is C13H24N2O5. The number of carboxylic acids is 1. The molecule has 1 unspecified atom stereocenters. The maximum Gasteiger partial charge on any atom is 0.332 e. The lowest BCUT2D eigenvalue weighted by Gasteiger charge is -2.34. The predicted molar refractivity (Wildman–Crippen MR) is 72.3 cm³/mol. The van der Waals surface area contributed by atoms with Crippen molar-refractivity contribution in [1.82, 2.24) is 10.2 Å². The fourth-order valence-corrected chi connectivity index (χ4v) is 2.49. The average molecular weight is 288 g/mol. The summed E-state index contributed by atoms with van der Waals surface area (Å²) >= 11 is 0. The van der Waals surface area contributed by atoms with E-state index in [0.717, 1.165) is 25.7 Å². The number of carbonyl (C=O) groups excluding carboxylic acids is 1. The van der Waals surface area contributed by atoms with Gasteiger partial charge < -0.3 is 25.5 Å². The summed E-state index contributed by atoms with van der Waals surface area (Å²) in [6.07, 6.45) is 3.72. The molecule has 0 aliphatic heterocycles. The van der Waals surface area contributed by atoms with Crippen LogP contribution in [0.25, 0.3) is 0 Å². The van der Waals surface area contributed by atoms with Crippen molar-refractivity contribution in [1.29, 1.82) is 0 Å². The van der Waals surface area contributed by atoms with Crippen molar-refractivity contribution in [2.75, 3.05) is 19.7 Å². The number of hydrogen-bond donors (Lipinski definition) is 4. The number of hydrogen-bond acceptors (Lipinski definition) is 4. The zero-order valence-electron chi connectivity index (χ0n) is 11.6. The molecule has 0 aromatic carbocycles. The number of amides is 2. The maximum absolute atomic E-state index is 12.1. The molecule has 0 aromatic heterocycles. The highest BCUT2D eigenvalue weighted by molar-refractivity contribution is 5.75. The minimum Gasteiger partial charge on any atom is -0.479 e. The Kier molecular flexibility index (Phi) is 7.32. The van der Waals surface area contributed by atoms with Crippen molar-refractivity contribution < 1.29 is 24.9 Å². The van der Waals surface area contributed by atoms with Crippen LogP contribution in [0.2, 0.25) is 0 Å². The van der Waals surface area contributed by atoms with Crippen molar-refractivity contribution in [2.45, 2.75) is 50.7 Å². The van der Waals surface area contributed by atoms with Crippen LogP contribution in [-0.2, 0) is 4.79 Å². The fraction of sp³-hybridized carbons (Fsp3) is 0.846. The normalized spacial score (nSPS) is 17.5. The molecule has 4 N–H and O–H groups in total. The number of urea groups is 1. The second-order valence-electron chi connectivity index (χ2n) is 5.08. The van der Waals surface area contributed by atoms with Gasteiger partial charge in [0, 0.05) is 25.6 Å². The molecule has 1 saturated carbocycles. The molecule has 1 fully saturated rings. The summed E-state index contributed by atoms with van der Waals surface area (Å²) in [6.45, 7) is 0.278. The quantitative estimate of drug-likeness (QED) is 0.533. The van der Waals surface area contributed by atoms with Gasteiger partial charge >= 0.3 is 12.0 Å². The zero-order valence-corrected chi connectivity index (χ0v) is 11.6. The van der Waals surface area contributed by atoms with Crippen molar-refractivity contribution in [2.24, 2.45) is 0 Å². The third-order valence-corrected chi connectivity index (χ3v) is 3.60. The summed E-state index contributed by atoms with van der Waals surface area (Å²) in [5.41, 5.74) is 0. The minimum atomic E-state index is -1.46. The number of aliphatic hydroxyl groups excluding tert-OH is 2. The second-order valence-corrected chi connectivity index (χ2v) is 5.08. The van der Waals surface area contributed by atoms with Crippen molar-refractivity contribution in [3.63, 3.8) is 0 Å². The molecule has 0 bridgehead atoms. The first-order valence-electron chi connectivity index (χ1n) is 7.12. The van der Waals surface area contributed by atoms with Gasteiger partial charge in [0.25, 0.3) is 0 Å². The first kappa shape index (κ1) is 16.7. The van der Waals surface area contributed by atoms with Crippen molar-refractivity contribution in [3.05, 3.63) is 0 Å². The van der Waals surface area contributed by atoms with E-state index >= 15 is 0 Å². The van der Waals surface area contributed by atoms with Crippen LogP contribution in [0, 0.1) is 0 Å². The molecule has 1 atom stereocenters. The number of carboxylic acid groups (broad SMARTS) is 1. The van der Waals surface area contributed by atoms with Gasteiger partial charge in [-0.05, 0) is 12.8 Å². The Morgan fingerprint density at radius 1 is 1.25 bits per heavy atom. The van der Waals surface area contributed by atoms with E-state index in [-0.39, 0.29) is 38.2 Å². The Hall–Kier alpha value is -1.34. The predicted octanol–water partition coefficient (Wildman–Crippen LogP) is 0.159. The molecule has 20 heavy (non-hydrogen) atoms. The van der Waals surface area contributed by atoms with Crippen molar-refractivity contribution >= 4 is 12.0 Å². The van der Waals surface area contributed by atoms with E-state index in [4.69, 9.17) is 15.3 Å². The van der Waals surface area contributed by atoms with Gasteiger partial charge in [-0.1, -0.05) is 19.3 Å². The molecule has 0 aromatic rings. The lowest BCUT2D eigenvalue weighted by atomic mass is 9.94. The molecule has 116 valence electrons. The van der Waals surface area contributed by atoms with Gasteiger partial charge in [-0.3, -0.25) is 0 Å². The Morgan fingerprint density at radius 2 is 1.90 bits per heavy atom. The second kappa shape index (κ2) is 8.76. The van der Waals surface area contributed by atoms with E-state index in [1.54, 1.807) is 4.90 Å². The summed E-state index contributed by atoms with van der Waals surface area (Å²) in [5, 5.41) is 29.3. The lowest BCUT2D eigenvalue weighted by Crippen LogP contribution is -2.48. The van der Waals surface area contributed by atoms with E-state index in [2.05, 4.69) is 5.32 Å². The smallest absolute Gasteiger partial charge is 0.332 e. The number of carbonyl (C=O) groups is 2. The third kappa shape index (κ3) is 5.34. The third-order valence-electron chi connectivity index (χ3n) is 3.60. The van der Waals surface area contributed by atoms with Crippen LogP contribution in [0.4, 0.5) is 4.79 Å². The number of rotatable bonds is 7. The SMILES string of the molecule is O=C(O)C(O)CCNC(=O)N(CCO)C1CCCCC1. The highest BCUT2D eigenvalue weighted by Crippen LogP contribution is 2.22. The average Bonchev–Trinajstić information content (AvgIpc) is 2.45. The number of nitrogens with one attached hydrogen (secondary N) is 1.